The van der Waals surface area contributed by atoms with Crippen LogP contribution in [0.15, 0.2) is 60.7 Å². The number of nitrogens with one attached hydrogen (secondary N) is 1. The Morgan fingerprint density at radius 3 is 2.18 bits per heavy atom. The van der Waals surface area contributed by atoms with Crippen molar-refractivity contribution in [1.82, 2.24) is 10.2 Å². The molecule has 0 aliphatic carbocycles. The Hall–Kier alpha value is -1.68. The lowest BCUT2D eigenvalue weighted by atomic mass is 9.95. The number of piperazine rings is 1. The van der Waals surface area contributed by atoms with Crippen molar-refractivity contribution in [2.24, 2.45) is 0 Å². The first kappa shape index (κ1) is 15.2. The summed E-state index contributed by atoms with van der Waals surface area (Å²) < 4.78 is 5.45. The van der Waals surface area contributed by atoms with Crippen LogP contribution in [0.3, 0.4) is 0 Å². The van der Waals surface area contributed by atoms with E-state index in [-0.39, 0.29) is 6.04 Å². The molecule has 3 nitrogen and oxygen atoms in total. The minimum atomic E-state index is 0.282. The average molecular weight is 296 g/mol. The molecule has 22 heavy (non-hydrogen) atoms. The van der Waals surface area contributed by atoms with Gasteiger partial charge in [-0.05, 0) is 11.1 Å². The van der Waals surface area contributed by atoms with Gasteiger partial charge in [0.05, 0.1) is 12.6 Å². The van der Waals surface area contributed by atoms with Crippen molar-refractivity contribution in [3.05, 3.63) is 71.8 Å². The molecule has 1 heterocycles. The molecule has 0 amide bonds. The lowest BCUT2D eigenvalue weighted by molar-refractivity contribution is 0.0543. The monoisotopic (exact) mass is 296 g/mol. The summed E-state index contributed by atoms with van der Waals surface area (Å²) in [4.78, 5) is 2.57. The number of ether oxygens (including phenoxy) is 1. The summed E-state index contributed by atoms with van der Waals surface area (Å²) in [5, 5.41) is 3.49. The third-order valence-electron chi connectivity index (χ3n) is 4.32. The SMILES string of the molecule is COCC1CNCCN1C(c1ccccc1)c1ccccc1. The molecule has 1 fully saturated rings. The second-order valence-electron chi connectivity index (χ2n) is 5.78. The normalized spacial score (nSPS) is 19.5. The lowest BCUT2D eigenvalue weighted by Crippen LogP contribution is -2.54. The molecule has 1 unspecified atom stereocenters. The van der Waals surface area contributed by atoms with E-state index in [0.29, 0.717) is 6.04 Å². The standard InChI is InChI=1S/C19H24N2O/c1-22-15-18-14-20-12-13-21(18)19(16-8-4-2-5-9-16)17-10-6-3-7-11-17/h2-11,18-20H,12-15H2,1H3. The van der Waals surface area contributed by atoms with Crippen molar-refractivity contribution in [2.45, 2.75) is 12.1 Å². The van der Waals surface area contributed by atoms with Crippen molar-refractivity contribution in [1.29, 1.82) is 0 Å². The molecule has 1 atom stereocenters. The van der Waals surface area contributed by atoms with E-state index in [1.54, 1.807) is 7.11 Å². The zero-order valence-corrected chi connectivity index (χ0v) is 13.1. The summed E-state index contributed by atoms with van der Waals surface area (Å²) in [5.74, 6) is 0. The van der Waals surface area contributed by atoms with Crippen LogP contribution in [0.2, 0.25) is 0 Å². The van der Waals surface area contributed by atoms with Gasteiger partial charge in [-0.2, -0.15) is 0 Å². The lowest BCUT2D eigenvalue weighted by Gasteiger charge is -2.41. The Balaban J connectivity index is 1.97. The fraction of sp³-hybridized carbons (Fsp3) is 0.368. The van der Waals surface area contributed by atoms with Crippen LogP contribution in [0.4, 0.5) is 0 Å². The Kier molecular flexibility index (Phi) is 5.22. The van der Waals surface area contributed by atoms with Gasteiger partial charge in [-0.1, -0.05) is 60.7 Å². The Morgan fingerprint density at radius 2 is 1.64 bits per heavy atom. The van der Waals surface area contributed by atoms with Gasteiger partial charge in [0.15, 0.2) is 0 Å². The van der Waals surface area contributed by atoms with Crippen LogP contribution in [0.25, 0.3) is 0 Å². The molecule has 0 bridgehead atoms. The second-order valence-corrected chi connectivity index (χ2v) is 5.78. The van der Waals surface area contributed by atoms with Gasteiger partial charge < -0.3 is 10.1 Å². The Morgan fingerprint density at radius 1 is 1.05 bits per heavy atom. The fourth-order valence-electron chi connectivity index (χ4n) is 3.31. The predicted octanol–water partition coefficient (Wildman–Crippen LogP) is 2.70. The van der Waals surface area contributed by atoms with Crippen molar-refractivity contribution < 1.29 is 4.74 Å². The number of benzene rings is 2. The number of rotatable bonds is 5. The van der Waals surface area contributed by atoms with Gasteiger partial charge in [0.1, 0.15) is 0 Å². The first-order chi connectivity index (χ1) is 10.9. The van der Waals surface area contributed by atoms with E-state index >= 15 is 0 Å². The third kappa shape index (κ3) is 3.38. The largest absolute Gasteiger partial charge is 0.383 e. The summed E-state index contributed by atoms with van der Waals surface area (Å²) in [5.41, 5.74) is 2.69. The van der Waals surface area contributed by atoms with Crippen molar-refractivity contribution in [2.75, 3.05) is 33.4 Å². The number of hydrogen-bond acceptors (Lipinski definition) is 3. The highest BCUT2D eigenvalue weighted by molar-refractivity contribution is 5.32. The van der Waals surface area contributed by atoms with Crippen LogP contribution < -0.4 is 5.32 Å². The average Bonchev–Trinajstić information content (AvgIpc) is 2.59. The molecule has 1 saturated heterocycles. The van der Waals surface area contributed by atoms with Crippen molar-refractivity contribution in [3.8, 4) is 0 Å². The van der Waals surface area contributed by atoms with Gasteiger partial charge in [-0.3, -0.25) is 4.90 Å². The zero-order valence-electron chi connectivity index (χ0n) is 13.1. The third-order valence-corrected chi connectivity index (χ3v) is 4.32. The predicted molar refractivity (Wildman–Crippen MR) is 90.0 cm³/mol. The van der Waals surface area contributed by atoms with E-state index in [9.17, 15) is 0 Å². The summed E-state index contributed by atoms with van der Waals surface area (Å²) in [7, 11) is 1.78. The highest BCUT2D eigenvalue weighted by Crippen LogP contribution is 2.30. The van der Waals surface area contributed by atoms with E-state index in [2.05, 4.69) is 70.9 Å². The summed E-state index contributed by atoms with van der Waals surface area (Å²) >= 11 is 0. The van der Waals surface area contributed by atoms with Gasteiger partial charge in [0.25, 0.3) is 0 Å². The fourth-order valence-corrected chi connectivity index (χ4v) is 3.31. The topological polar surface area (TPSA) is 24.5 Å². The molecule has 0 saturated carbocycles. The van der Waals surface area contributed by atoms with Crippen LogP contribution >= 0.6 is 0 Å². The summed E-state index contributed by atoms with van der Waals surface area (Å²) in [6, 6.07) is 22.2. The number of nitrogens with zero attached hydrogens (tertiary/aromatic N) is 1. The van der Waals surface area contributed by atoms with Crippen LogP contribution in [0, 0.1) is 0 Å². The van der Waals surface area contributed by atoms with Crippen molar-refractivity contribution >= 4 is 0 Å². The molecule has 0 aromatic heterocycles. The molecule has 116 valence electrons. The highest BCUT2D eigenvalue weighted by atomic mass is 16.5. The van der Waals surface area contributed by atoms with Crippen LogP contribution in [0.5, 0.6) is 0 Å². The molecule has 3 rings (SSSR count). The molecule has 1 aliphatic heterocycles. The quantitative estimate of drug-likeness (QED) is 0.918. The smallest absolute Gasteiger partial charge is 0.0630 e. The zero-order chi connectivity index (χ0) is 15.2. The molecule has 1 aliphatic rings. The summed E-state index contributed by atoms with van der Waals surface area (Å²) in [6.45, 7) is 3.78. The first-order valence-corrected chi connectivity index (χ1v) is 7.95. The van der Waals surface area contributed by atoms with E-state index in [0.717, 1.165) is 26.2 Å². The Labute approximate surface area is 132 Å². The first-order valence-electron chi connectivity index (χ1n) is 7.95. The summed E-state index contributed by atoms with van der Waals surface area (Å²) in [6.07, 6.45) is 0. The Bertz CT molecular complexity index is 517. The van der Waals surface area contributed by atoms with Gasteiger partial charge in [0, 0.05) is 32.8 Å². The molecule has 0 radical (unpaired) electrons. The van der Waals surface area contributed by atoms with Crippen LogP contribution in [-0.2, 0) is 4.74 Å². The minimum Gasteiger partial charge on any atom is -0.383 e. The van der Waals surface area contributed by atoms with Gasteiger partial charge in [-0.25, -0.2) is 0 Å². The second kappa shape index (κ2) is 7.54. The number of methoxy groups -OCH3 is 1. The molecule has 2 aromatic rings. The molecular weight excluding hydrogens is 272 g/mol. The van der Waals surface area contributed by atoms with Crippen molar-refractivity contribution in [3.63, 3.8) is 0 Å². The molecule has 0 spiro atoms. The van der Waals surface area contributed by atoms with E-state index in [1.165, 1.54) is 11.1 Å². The molecule has 2 aromatic carbocycles. The van der Waals surface area contributed by atoms with Gasteiger partial charge in [-0.15, -0.1) is 0 Å². The molecule has 1 N–H and O–H groups in total. The maximum absolute atomic E-state index is 5.45. The molecular formula is C19H24N2O. The van der Waals surface area contributed by atoms with E-state index < -0.39 is 0 Å². The van der Waals surface area contributed by atoms with E-state index in [1.807, 2.05) is 0 Å². The maximum atomic E-state index is 5.45. The minimum absolute atomic E-state index is 0.282. The maximum Gasteiger partial charge on any atom is 0.0630 e. The van der Waals surface area contributed by atoms with Crippen LogP contribution in [-0.4, -0.2) is 44.3 Å². The molecule has 3 heteroatoms. The van der Waals surface area contributed by atoms with Gasteiger partial charge in [0.2, 0.25) is 0 Å². The van der Waals surface area contributed by atoms with E-state index in [4.69, 9.17) is 4.74 Å². The highest BCUT2D eigenvalue weighted by Gasteiger charge is 2.30. The number of hydrogen-bond donors (Lipinski definition) is 1. The van der Waals surface area contributed by atoms with Gasteiger partial charge >= 0.3 is 0 Å². The van der Waals surface area contributed by atoms with Crippen LogP contribution in [0.1, 0.15) is 17.2 Å².